The number of para-hydroxylation sites is 1. The van der Waals surface area contributed by atoms with E-state index in [0.29, 0.717) is 0 Å². The Morgan fingerprint density at radius 1 is 1.14 bits per heavy atom. The van der Waals surface area contributed by atoms with Gasteiger partial charge in [0.25, 0.3) is 10.0 Å². The minimum Gasteiger partial charge on any atom is -0.266 e. The van der Waals surface area contributed by atoms with Crippen LogP contribution in [0.25, 0.3) is 0 Å². The molecular formula is C14H12ClF2NO2S. The molecule has 21 heavy (non-hydrogen) atoms. The monoisotopic (exact) mass is 331 g/mol. The van der Waals surface area contributed by atoms with Crippen LogP contribution in [0.1, 0.15) is 5.56 Å². The number of hydrogen-bond acceptors (Lipinski definition) is 2. The van der Waals surface area contributed by atoms with Crippen molar-refractivity contribution < 1.29 is 17.2 Å². The Labute approximate surface area is 126 Å². The number of nitrogens with zero attached hydrogens (tertiary/aromatic N) is 1. The summed E-state index contributed by atoms with van der Waals surface area (Å²) in [4.78, 5) is -0.275. The summed E-state index contributed by atoms with van der Waals surface area (Å²) in [5, 5.41) is 0. The van der Waals surface area contributed by atoms with E-state index in [9.17, 15) is 17.2 Å². The highest BCUT2D eigenvalue weighted by atomic mass is 35.5. The van der Waals surface area contributed by atoms with Crippen molar-refractivity contribution in [2.75, 3.05) is 11.4 Å². The second-order valence-electron chi connectivity index (χ2n) is 4.31. The molecule has 0 fully saturated rings. The quantitative estimate of drug-likeness (QED) is 0.804. The number of anilines is 1. The van der Waals surface area contributed by atoms with Gasteiger partial charge in [0.05, 0.1) is 10.6 Å². The van der Waals surface area contributed by atoms with Crippen molar-refractivity contribution >= 4 is 27.3 Å². The molecule has 0 N–H and O–H groups in total. The summed E-state index contributed by atoms with van der Waals surface area (Å²) >= 11 is 5.69. The number of sulfonamides is 1. The van der Waals surface area contributed by atoms with Crippen LogP contribution in [0.5, 0.6) is 0 Å². The van der Waals surface area contributed by atoms with E-state index < -0.39 is 21.7 Å². The SMILES string of the molecule is CN(c1ccccc1F)S(=O)(=O)c1cc(F)ccc1CCl. The molecule has 0 saturated carbocycles. The minimum absolute atomic E-state index is 0.0973. The van der Waals surface area contributed by atoms with Crippen LogP contribution in [-0.4, -0.2) is 15.5 Å². The molecule has 2 aromatic rings. The largest absolute Gasteiger partial charge is 0.266 e. The lowest BCUT2D eigenvalue weighted by atomic mass is 10.2. The molecule has 0 aliphatic heterocycles. The third-order valence-electron chi connectivity index (χ3n) is 3.00. The van der Waals surface area contributed by atoms with E-state index >= 15 is 0 Å². The molecule has 0 amide bonds. The standard InChI is InChI=1S/C14H12ClF2NO2S/c1-18(13-5-3-2-4-12(13)17)21(19,20)14-8-11(16)7-6-10(14)9-15/h2-8H,9H2,1H3. The van der Waals surface area contributed by atoms with Gasteiger partial charge in [0.1, 0.15) is 11.6 Å². The van der Waals surface area contributed by atoms with Gasteiger partial charge in [-0.25, -0.2) is 17.2 Å². The molecule has 0 atom stereocenters. The van der Waals surface area contributed by atoms with Crippen LogP contribution in [0.2, 0.25) is 0 Å². The summed E-state index contributed by atoms with van der Waals surface area (Å²) in [6.45, 7) is 0. The first-order chi connectivity index (χ1) is 9.87. The molecule has 3 nitrogen and oxygen atoms in total. The molecule has 0 heterocycles. The number of hydrogen-bond donors (Lipinski definition) is 0. The summed E-state index contributed by atoms with van der Waals surface area (Å²) in [7, 11) is -2.91. The zero-order valence-corrected chi connectivity index (χ0v) is 12.6. The molecule has 0 aliphatic rings. The van der Waals surface area contributed by atoms with Crippen molar-refractivity contribution in [2.24, 2.45) is 0 Å². The summed E-state index contributed by atoms with van der Waals surface area (Å²) in [5.74, 6) is -1.49. The van der Waals surface area contributed by atoms with E-state index in [1.54, 1.807) is 0 Å². The Hall–Kier alpha value is -1.66. The lowest BCUT2D eigenvalue weighted by Crippen LogP contribution is -2.28. The number of alkyl halides is 1. The van der Waals surface area contributed by atoms with E-state index in [1.165, 1.54) is 31.3 Å². The number of benzene rings is 2. The average molecular weight is 332 g/mol. The van der Waals surface area contributed by atoms with Gasteiger partial charge in [-0.2, -0.15) is 0 Å². The van der Waals surface area contributed by atoms with Gasteiger partial charge in [-0.3, -0.25) is 4.31 Å². The number of halogens is 3. The molecule has 0 aliphatic carbocycles. The van der Waals surface area contributed by atoms with Crippen LogP contribution in [0.15, 0.2) is 47.4 Å². The average Bonchev–Trinajstić information content (AvgIpc) is 2.47. The highest BCUT2D eigenvalue weighted by Gasteiger charge is 2.26. The van der Waals surface area contributed by atoms with Crippen LogP contribution in [0.4, 0.5) is 14.5 Å². The number of rotatable bonds is 4. The first kappa shape index (κ1) is 15.7. The fourth-order valence-corrected chi connectivity index (χ4v) is 3.61. The second kappa shape index (κ2) is 5.99. The Morgan fingerprint density at radius 3 is 2.43 bits per heavy atom. The smallest absolute Gasteiger partial charge is 0.264 e. The molecular weight excluding hydrogens is 320 g/mol. The van der Waals surface area contributed by atoms with Crippen molar-refractivity contribution in [2.45, 2.75) is 10.8 Å². The molecule has 0 radical (unpaired) electrons. The summed E-state index contributed by atoms with van der Waals surface area (Å²) in [5.41, 5.74) is 0.128. The third kappa shape index (κ3) is 3.01. The van der Waals surface area contributed by atoms with Crippen LogP contribution < -0.4 is 4.31 Å². The van der Waals surface area contributed by atoms with Gasteiger partial charge in [0.15, 0.2) is 0 Å². The van der Waals surface area contributed by atoms with Crippen LogP contribution >= 0.6 is 11.6 Å². The maximum Gasteiger partial charge on any atom is 0.264 e. The summed E-state index contributed by atoms with van der Waals surface area (Å²) in [6.07, 6.45) is 0. The maximum atomic E-state index is 13.7. The zero-order valence-electron chi connectivity index (χ0n) is 11.1. The zero-order chi connectivity index (χ0) is 15.6. The van der Waals surface area contributed by atoms with Gasteiger partial charge in [0, 0.05) is 12.9 Å². The molecule has 2 aromatic carbocycles. The van der Waals surface area contributed by atoms with Gasteiger partial charge in [-0.1, -0.05) is 18.2 Å². The van der Waals surface area contributed by atoms with Crippen molar-refractivity contribution in [3.8, 4) is 0 Å². The van der Waals surface area contributed by atoms with Crippen LogP contribution in [0.3, 0.4) is 0 Å². The Bertz CT molecular complexity index is 765. The first-order valence-corrected chi connectivity index (χ1v) is 7.93. The molecule has 0 bridgehead atoms. The molecule has 112 valence electrons. The summed E-state index contributed by atoms with van der Waals surface area (Å²) in [6, 6.07) is 8.74. The van der Waals surface area contributed by atoms with E-state index in [-0.39, 0.29) is 22.0 Å². The lowest BCUT2D eigenvalue weighted by molar-refractivity contribution is 0.584. The molecule has 0 unspecified atom stereocenters. The van der Waals surface area contributed by atoms with Gasteiger partial charge < -0.3 is 0 Å². The summed E-state index contributed by atoms with van der Waals surface area (Å²) < 4.78 is 53.0. The highest BCUT2D eigenvalue weighted by Crippen LogP contribution is 2.27. The maximum absolute atomic E-state index is 13.7. The normalized spacial score (nSPS) is 11.4. The molecule has 7 heteroatoms. The molecule has 2 rings (SSSR count). The van der Waals surface area contributed by atoms with Crippen LogP contribution in [0, 0.1) is 11.6 Å². The lowest BCUT2D eigenvalue weighted by Gasteiger charge is -2.21. The predicted molar refractivity (Wildman–Crippen MR) is 77.9 cm³/mol. The van der Waals surface area contributed by atoms with Crippen molar-refractivity contribution in [1.29, 1.82) is 0 Å². The Balaban J connectivity index is 2.57. The minimum atomic E-state index is -4.11. The molecule has 0 saturated heterocycles. The Kier molecular flexibility index (Phi) is 4.49. The van der Waals surface area contributed by atoms with E-state index in [2.05, 4.69) is 0 Å². The fraction of sp³-hybridized carbons (Fsp3) is 0.143. The fourth-order valence-electron chi connectivity index (χ4n) is 1.86. The van der Waals surface area contributed by atoms with E-state index in [0.717, 1.165) is 22.5 Å². The second-order valence-corrected chi connectivity index (χ2v) is 6.51. The van der Waals surface area contributed by atoms with E-state index in [1.807, 2.05) is 0 Å². The predicted octanol–water partition coefficient (Wildman–Crippen LogP) is 3.53. The Morgan fingerprint density at radius 2 is 1.81 bits per heavy atom. The van der Waals surface area contributed by atoms with Gasteiger partial charge in [-0.05, 0) is 29.8 Å². The third-order valence-corrected chi connectivity index (χ3v) is 5.14. The molecule has 0 spiro atoms. The topological polar surface area (TPSA) is 37.4 Å². The first-order valence-electron chi connectivity index (χ1n) is 5.96. The van der Waals surface area contributed by atoms with Crippen molar-refractivity contribution in [3.63, 3.8) is 0 Å². The van der Waals surface area contributed by atoms with Gasteiger partial charge in [-0.15, -0.1) is 11.6 Å². The van der Waals surface area contributed by atoms with E-state index in [4.69, 9.17) is 11.6 Å². The van der Waals surface area contributed by atoms with Crippen molar-refractivity contribution in [1.82, 2.24) is 0 Å². The van der Waals surface area contributed by atoms with Gasteiger partial charge in [0.2, 0.25) is 0 Å². The van der Waals surface area contributed by atoms with Gasteiger partial charge >= 0.3 is 0 Å². The van der Waals surface area contributed by atoms with Crippen molar-refractivity contribution in [3.05, 3.63) is 59.7 Å². The highest BCUT2D eigenvalue weighted by molar-refractivity contribution is 7.92. The molecule has 0 aromatic heterocycles. The van der Waals surface area contributed by atoms with Crippen LogP contribution in [-0.2, 0) is 15.9 Å².